The molecular formula is C20H23N5OS. The van der Waals surface area contributed by atoms with Crippen molar-refractivity contribution in [2.45, 2.75) is 32.6 Å². The van der Waals surface area contributed by atoms with Gasteiger partial charge in [-0.15, -0.1) is 11.3 Å². The van der Waals surface area contributed by atoms with Crippen molar-refractivity contribution < 1.29 is 4.79 Å². The van der Waals surface area contributed by atoms with E-state index in [1.807, 2.05) is 48.9 Å². The Balaban J connectivity index is 1.53. The number of nitrogens with one attached hydrogen (secondary N) is 2. The molecule has 0 unspecified atom stereocenters. The molecule has 0 aliphatic carbocycles. The summed E-state index contributed by atoms with van der Waals surface area (Å²) in [7, 11) is 0. The van der Waals surface area contributed by atoms with Gasteiger partial charge in [-0.1, -0.05) is 6.07 Å². The number of piperidine rings is 1. The van der Waals surface area contributed by atoms with E-state index in [2.05, 4.69) is 20.6 Å². The maximum Gasteiger partial charge on any atom is 0.259 e. The van der Waals surface area contributed by atoms with Crippen molar-refractivity contribution in [2.75, 3.05) is 18.4 Å². The SMILES string of the molecule is Cc1cc(C(=O)Nc2ncc(C3CCNCC3)s2)c(C)n1-c1ccccn1. The second kappa shape index (κ2) is 7.62. The summed E-state index contributed by atoms with van der Waals surface area (Å²) in [5.74, 6) is 1.23. The largest absolute Gasteiger partial charge is 0.317 e. The number of pyridine rings is 1. The van der Waals surface area contributed by atoms with E-state index >= 15 is 0 Å². The molecule has 7 heteroatoms. The highest BCUT2D eigenvalue weighted by molar-refractivity contribution is 7.15. The first-order valence-corrected chi connectivity index (χ1v) is 10.0. The summed E-state index contributed by atoms with van der Waals surface area (Å²) in [4.78, 5) is 22.9. The highest BCUT2D eigenvalue weighted by Crippen LogP contribution is 2.32. The summed E-state index contributed by atoms with van der Waals surface area (Å²) in [6.07, 6.45) is 5.92. The average Bonchev–Trinajstić information content (AvgIpc) is 3.27. The number of aromatic nitrogens is 3. The van der Waals surface area contributed by atoms with Crippen molar-refractivity contribution in [1.82, 2.24) is 19.9 Å². The van der Waals surface area contributed by atoms with Crippen LogP contribution in [-0.4, -0.2) is 33.5 Å². The average molecular weight is 382 g/mol. The summed E-state index contributed by atoms with van der Waals surface area (Å²) in [5.41, 5.74) is 2.50. The Morgan fingerprint density at radius 2 is 2.07 bits per heavy atom. The topological polar surface area (TPSA) is 71.8 Å². The zero-order chi connectivity index (χ0) is 18.8. The first-order chi connectivity index (χ1) is 13.1. The van der Waals surface area contributed by atoms with E-state index in [4.69, 9.17) is 0 Å². The van der Waals surface area contributed by atoms with Gasteiger partial charge in [0, 0.05) is 28.7 Å². The third kappa shape index (κ3) is 3.65. The molecular weight excluding hydrogens is 358 g/mol. The van der Waals surface area contributed by atoms with Gasteiger partial charge in [-0.05, 0) is 63.9 Å². The standard InChI is InChI=1S/C20H23N5OS/c1-13-11-16(14(2)25(13)18-5-3-4-8-22-18)19(26)24-20-23-12-17(27-20)15-6-9-21-10-7-15/h3-5,8,11-12,15,21H,6-7,9-10H2,1-2H3,(H,23,24,26). The second-order valence-electron chi connectivity index (χ2n) is 6.85. The lowest BCUT2D eigenvalue weighted by atomic mass is 9.97. The number of hydrogen-bond donors (Lipinski definition) is 2. The minimum atomic E-state index is -0.128. The molecule has 3 aromatic rings. The van der Waals surface area contributed by atoms with Gasteiger partial charge in [-0.2, -0.15) is 0 Å². The summed E-state index contributed by atoms with van der Waals surface area (Å²) in [6, 6.07) is 7.67. The van der Waals surface area contributed by atoms with E-state index in [1.54, 1.807) is 17.5 Å². The molecule has 1 amide bonds. The molecule has 6 nitrogen and oxygen atoms in total. The Bertz CT molecular complexity index is 941. The van der Waals surface area contributed by atoms with Gasteiger partial charge in [0.25, 0.3) is 5.91 Å². The number of hydrogen-bond acceptors (Lipinski definition) is 5. The normalized spacial score (nSPS) is 15.0. The maximum absolute atomic E-state index is 12.8. The molecule has 0 atom stereocenters. The lowest BCUT2D eigenvalue weighted by Gasteiger charge is -2.20. The number of rotatable bonds is 4. The summed E-state index contributed by atoms with van der Waals surface area (Å²) in [6.45, 7) is 6.02. The predicted octanol–water partition coefficient (Wildman–Crippen LogP) is 3.66. The Labute approximate surface area is 162 Å². The fourth-order valence-electron chi connectivity index (χ4n) is 3.64. The van der Waals surface area contributed by atoms with E-state index in [9.17, 15) is 4.79 Å². The van der Waals surface area contributed by atoms with Gasteiger partial charge < -0.3 is 9.88 Å². The maximum atomic E-state index is 12.8. The van der Waals surface area contributed by atoms with E-state index < -0.39 is 0 Å². The van der Waals surface area contributed by atoms with Crippen LogP contribution < -0.4 is 10.6 Å². The molecule has 4 rings (SSSR count). The summed E-state index contributed by atoms with van der Waals surface area (Å²) in [5, 5.41) is 7.01. The minimum Gasteiger partial charge on any atom is -0.317 e. The van der Waals surface area contributed by atoms with Crippen molar-refractivity contribution in [1.29, 1.82) is 0 Å². The Kier molecular flexibility index (Phi) is 5.05. The second-order valence-corrected chi connectivity index (χ2v) is 7.92. The zero-order valence-corrected chi connectivity index (χ0v) is 16.3. The van der Waals surface area contributed by atoms with Crippen LogP contribution in [0.25, 0.3) is 5.82 Å². The van der Waals surface area contributed by atoms with Crippen molar-refractivity contribution >= 4 is 22.4 Å². The molecule has 0 aromatic carbocycles. The lowest BCUT2D eigenvalue weighted by Crippen LogP contribution is -2.26. The molecule has 0 bridgehead atoms. The first-order valence-electron chi connectivity index (χ1n) is 9.21. The van der Waals surface area contributed by atoms with Crippen LogP contribution in [0, 0.1) is 13.8 Å². The fraction of sp³-hybridized carbons (Fsp3) is 0.350. The van der Waals surface area contributed by atoms with E-state index in [0.717, 1.165) is 43.1 Å². The van der Waals surface area contributed by atoms with Gasteiger partial charge in [0.2, 0.25) is 0 Å². The van der Waals surface area contributed by atoms with Crippen LogP contribution in [0.3, 0.4) is 0 Å². The van der Waals surface area contributed by atoms with Gasteiger partial charge >= 0.3 is 0 Å². The fourth-order valence-corrected chi connectivity index (χ4v) is 4.62. The molecule has 0 spiro atoms. The van der Waals surface area contributed by atoms with Crippen molar-refractivity contribution in [3.05, 3.63) is 58.5 Å². The molecule has 1 aliphatic rings. The van der Waals surface area contributed by atoms with Crippen LogP contribution in [0.15, 0.2) is 36.7 Å². The third-order valence-corrected chi connectivity index (χ3v) is 6.11. The van der Waals surface area contributed by atoms with Gasteiger partial charge in [0.05, 0.1) is 5.56 Å². The number of carbonyl (C=O) groups excluding carboxylic acids is 1. The molecule has 4 heterocycles. The smallest absolute Gasteiger partial charge is 0.259 e. The lowest BCUT2D eigenvalue weighted by molar-refractivity contribution is 0.102. The van der Waals surface area contributed by atoms with Crippen molar-refractivity contribution in [3.8, 4) is 5.82 Å². The molecule has 140 valence electrons. The highest BCUT2D eigenvalue weighted by atomic mass is 32.1. The number of thiazole rings is 1. The van der Waals surface area contributed by atoms with Gasteiger partial charge in [0.1, 0.15) is 5.82 Å². The number of aryl methyl sites for hydroxylation is 1. The van der Waals surface area contributed by atoms with Gasteiger partial charge in [-0.25, -0.2) is 9.97 Å². The molecule has 0 saturated carbocycles. The van der Waals surface area contributed by atoms with E-state index in [-0.39, 0.29) is 5.91 Å². The Morgan fingerprint density at radius 1 is 1.26 bits per heavy atom. The summed E-state index contributed by atoms with van der Waals surface area (Å²) >= 11 is 1.59. The van der Waals surface area contributed by atoms with Gasteiger partial charge in [0.15, 0.2) is 5.13 Å². The zero-order valence-electron chi connectivity index (χ0n) is 15.5. The van der Waals surface area contributed by atoms with Crippen LogP contribution in [0.4, 0.5) is 5.13 Å². The van der Waals surface area contributed by atoms with Gasteiger partial charge in [-0.3, -0.25) is 10.1 Å². The first kappa shape index (κ1) is 17.9. The third-order valence-electron chi connectivity index (χ3n) is 5.04. The minimum absolute atomic E-state index is 0.128. The van der Waals surface area contributed by atoms with Crippen LogP contribution in [0.2, 0.25) is 0 Å². The van der Waals surface area contributed by atoms with Crippen LogP contribution >= 0.6 is 11.3 Å². The molecule has 1 aliphatic heterocycles. The molecule has 27 heavy (non-hydrogen) atoms. The van der Waals surface area contributed by atoms with Crippen molar-refractivity contribution in [3.63, 3.8) is 0 Å². The van der Waals surface area contributed by atoms with Crippen LogP contribution in [-0.2, 0) is 0 Å². The molecule has 3 aromatic heterocycles. The highest BCUT2D eigenvalue weighted by Gasteiger charge is 2.21. The number of amides is 1. The van der Waals surface area contributed by atoms with E-state index in [0.29, 0.717) is 16.6 Å². The Hall–Kier alpha value is -2.51. The van der Waals surface area contributed by atoms with E-state index in [1.165, 1.54) is 4.88 Å². The summed E-state index contributed by atoms with van der Waals surface area (Å²) < 4.78 is 2.00. The predicted molar refractivity (Wildman–Crippen MR) is 108 cm³/mol. The quantitative estimate of drug-likeness (QED) is 0.723. The number of nitrogens with zero attached hydrogens (tertiary/aromatic N) is 3. The number of anilines is 1. The molecule has 1 fully saturated rings. The molecule has 2 N–H and O–H groups in total. The number of carbonyl (C=O) groups is 1. The molecule has 0 radical (unpaired) electrons. The Morgan fingerprint density at radius 3 is 2.81 bits per heavy atom. The van der Waals surface area contributed by atoms with Crippen molar-refractivity contribution in [2.24, 2.45) is 0 Å². The van der Waals surface area contributed by atoms with Crippen LogP contribution in [0.5, 0.6) is 0 Å². The molecule has 1 saturated heterocycles. The van der Waals surface area contributed by atoms with Crippen LogP contribution in [0.1, 0.15) is 45.4 Å². The monoisotopic (exact) mass is 381 g/mol.